The molecule has 2 aliphatic heterocycles. The van der Waals surface area contributed by atoms with Gasteiger partial charge in [0, 0.05) is 161 Å². The third kappa shape index (κ3) is 9.99. The number of piperidine rings is 2. The van der Waals surface area contributed by atoms with Crippen molar-refractivity contribution in [2.75, 3.05) is 36.8 Å². The summed E-state index contributed by atoms with van der Waals surface area (Å²) >= 11 is 0. The molecule has 8 heterocycles. The van der Waals surface area contributed by atoms with E-state index in [9.17, 15) is 9.59 Å². The predicted octanol–water partition coefficient (Wildman–Crippen LogP) is 11.2. The van der Waals surface area contributed by atoms with Crippen LogP contribution in [-0.4, -0.2) is 86.8 Å². The van der Waals surface area contributed by atoms with Crippen LogP contribution in [0.2, 0.25) is 0 Å². The van der Waals surface area contributed by atoms with E-state index >= 15 is 0 Å². The van der Waals surface area contributed by atoms with Gasteiger partial charge in [-0.2, -0.15) is 0 Å². The van der Waals surface area contributed by atoms with Gasteiger partial charge in [0.15, 0.2) is 0 Å². The molecule has 2 N–H and O–H groups in total. The van der Waals surface area contributed by atoms with Gasteiger partial charge in [-0.1, -0.05) is 36.4 Å². The minimum absolute atomic E-state index is 0.00757. The molecular weight excluding hydrogens is 921 g/mol. The number of amides is 2. The average Bonchev–Trinajstić information content (AvgIpc) is 4.02. The zero-order valence-electron chi connectivity index (χ0n) is 42.3. The number of anilines is 2. The van der Waals surface area contributed by atoms with Gasteiger partial charge in [0.05, 0.1) is 34.2 Å². The van der Waals surface area contributed by atoms with E-state index in [1.54, 1.807) is 51.0 Å². The van der Waals surface area contributed by atoms with E-state index in [0.717, 1.165) is 119 Å². The maximum absolute atomic E-state index is 12.2. The summed E-state index contributed by atoms with van der Waals surface area (Å²) in [6, 6.07) is 34.0. The summed E-state index contributed by atoms with van der Waals surface area (Å²) in [4.78, 5) is 55.8. The van der Waals surface area contributed by atoms with E-state index in [1.165, 1.54) is 21.8 Å². The van der Waals surface area contributed by atoms with Crippen LogP contribution in [0.15, 0.2) is 159 Å². The molecule has 14 nitrogen and oxygen atoms in total. The van der Waals surface area contributed by atoms with Gasteiger partial charge in [-0.15, -0.1) is 0 Å². The maximum atomic E-state index is 12.2. The second-order valence-electron chi connectivity index (χ2n) is 19.8. The van der Waals surface area contributed by atoms with Crippen molar-refractivity contribution < 1.29 is 9.59 Å². The van der Waals surface area contributed by atoms with Gasteiger partial charge in [-0.05, 0) is 119 Å². The molecule has 0 spiro atoms. The normalized spacial score (nSPS) is 16.7. The van der Waals surface area contributed by atoms with Gasteiger partial charge in [0.25, 0.3) is 0 Å². The molecule has 0 aliphatic carbocycles. The van der Waals surface area contributed by atoms with Crippen molar-refractivity contribution in [2.45, 2.75) is 51.6 Å². The van der Waals surface area contributed by atoms with Crippen molar-refractivity contribution in [3.05, 3.63) is 170 Å². The minimum atomic E-state index is 0.00757. The van der Waals surface area contributed by atoms with E-state index in [4.69, 9.17) is 9.97 Å². The van der Waals surface area contributed by atoms with Crippen molar-refractivity contribution in [3.8, 4) is 22.3 Å². The first-order chi connectivity index (χ1) is 36.1. The fraction of sp³-hybridized carbons (Fsp3) is 0.267. The summed E-state index contributed by atoms with van der Waals surface area (Å²) in [7, 11) is 4.13. The quantitative estimate of drug-likeness (QED) is 0.135. The maximum Gasteiger partial charge on any atom is 0.219 e. The number of pyridine rings is 2. The summed E-state index contributed by atoms with van der Waals surface area (Å²) in [5.41, 5.74) is 14.2. The first kappa shape index (κ1) is 47.8. The monoisotopic (exact) mass is 980 g/mol. The molecule has 2 saturated heterocycles. The van der Waals surface area contributed by atoms with Gasteiger partial charge in [-0.3, -0.25) is 39.5 Å². The minimum Gasteiger partial charge on any atom is -0.378 e. The van der Waals surface area contributed by atoms with Crippen LogP contribution in [0.3, 0.4) is 0 Å². The van der Waals surface area contributed by atoms with Crippen LogP contribution in [-0.2, 0) is 23.7 Å². The molecule has 372 valence electrons. The Hall–Kier alpha value is -8.52. The van der Waals surface area contributed by atoms with Crippen LogP contribution in [0, 0.1) is 11.8 Å². The number of nitrogens with one attached hydrogen (secondary N) is 2. The molecule has 4 aromatic carbocycles. The molecule has 12 rings (SSSR count). The van der Waals surface area contributed by atoms with Crippen LogP contribution >= 0.6 is 0 Å². The Bertz CT molecular complexity index is 3390. The molecule has 74 heavy (non-hydrogen) atoms. The standard InChI is InChI=1S/2C30H30N6O/c2*1-20(37)36-13-4-6-24(19-36)29(23-5-3-10-31-18-23)34-25-16-26(30-27(17-25)32-11-12-33-30)22-8-7-21-9-14-35(2)28(21)15-22/h2*3,5,7-12,14-18,24,29,34H,4,6,13,19H2,1-2H3/t2*24?,29-/m10/s1. The molecule has 14 heteroatoms. The third-order valence-corrected chi connectivity index (χ3v) is 15.0. The fourth-order valence-corrected chi connectivity index (χ4v) is 11.2. The zero-order chi connectivity index (χ0) is 50.7. The van der Waals surface area contributed by atoms with E-state index in [2.05, 4.69) is 151 Å². The van der Waals surface area contributed by atoms with E-state index < -0.39 is 0 Å². The molecule has 2 unspecified atom stereocenters. The molecule has 4 atom stereocenters. The lowest BCUT2D eigenvalue weighted by Crippen LogP contribution is -2.41. The topological polar surface area (TPSA) is 152 Å². The smallest absolute Gasteiger partial charge is 0.219 e. The summed E-state index contributed by atoms with van der Waals surface area (Å²) in [6.45, 7) is 6.42. The Labute approximate surface area is 430 Å². The second kappa shape index (κ2) is 20.9. The summed E-state index contributed by atoms with van der Waals surface area (Å²) in [5.74, 6) is 0.799. The Morgan fingerprint density at radius 3 is 1.41 bits per heavy atom. The lowest BCUT2D eigenvalue weighted by atomic mass is 9.86. The predicted molar refractivity (Wildman–Crippen MR) is 294 cm³/mol. The number of hydrogen-bond acceptors (Lipinski definition) is 10. The number of aromatic nitrogens is 8. The first-order valence-corrected chi connectivity index (χ1v) is 25.6. The van der Waals surface area contributed by atoms with E-state index in [0.29, 0.717) is 0 Å². The molecule has 2 aliphatic rings. The molecule has 6 aromatic heterocycles. The van der Waals surface area contributed by atoms with Crippen LogP contribution in [0.5, 0.6) is 0 Å². The highest BCUT2D eigenvalue weighted by atomic mass is 16.2. The van der Waals surface area contributed by atoms with Crippen LogP contribution in [0.1, 0.15) is 62.7 Å². The lowest BCUT2D eigenvalue weighted by molar-refractivity contribution is -0.131. The van der Waals surface area contributed by atoms with Crippen LogP contribution in [0.25, 0.3) is 66.1 Å². The first-order valence-electron chi connectivity index (χ1n) is 25.6. The largest absolute Gasteiger partial charge is 0.378 e. The molecule has 10 aromatic rings. The summed E-state index contributed by atoms with van der Waals surface area (Å²) in [5, 5.41) is 10.1. The number of carbonyl (C=O) groups excluding carboxylic acids is 2. The molecule has 0 bridgehead atoms. The second-order valence-corrected chi connectivity index (χ2v) is 19.8. The number of carbonyl (C=O) groups is 2. The number of benzene rings is 4. The lowest BCUT2D eigenvalue weighted by Gasteiger charge is -2.37. The highest BCUT2D eigenvalue weighted by Crippen LogP contribution is 2.39. The van der Waals surface area contributed by atoms with Crippen molar-refractivity contribution in [1.82, 2.24) is 48.8 Å². The Balaban J connectivity index is 0.000000159. The molecule has 2 amide bonds. The molecule has 0 saturated carbocycles. The van der Waals surface area contributed by atoms with Crippen molar-refractivity contribution in [3.63, 3.8) is 0 Å². The average molecular weight is 981 g/mol. The molecule has 0 radical (unpaired) electrons. The van der Waals surface area contributed by atoms with Crippen LogP contribution in [0.4, 0.5) is 11.4 Å². The summed E-state index contributed by atoms with van der Waals surface area (Å²) in [6.07, 6.45) is 22.7. The number of aryl methyl sites for hydroxylation is 2. The Morgan fingerprint density at radius 1 is 0.541 bits per heavy atom. The number of hydrogen-bond donors (Lipinski definition) is 2. The van der Waals surface area contributed by atoms with Crippen molar-refractivity contribution in [2.24, 2.45) is 25.9 Å². The van der Waals surface area contributed by atoms with Gasteiger partial charge < -0.3 is 29.6 Å². The number of nitrogens with zero attached hydrogens (tertiary/aromatic N) is 10. The third-order valence-electron chi connectivity index (χ3n) is 15.0. The van der Waals surface area contributed by atoms with Crippen LogP contribution < -0.4 is 10.6 Å². The number of fused-ring (bicyclic) bond motifs is 4. The Kier molecular flexibility index (Phi) is 13.5. The zero-order valence-corrected chi connectivity index (χ0v) is 42.3. The van der Waals surface area contributed by atoms with Gasteiger partial charge in [0.1, 0.15) is 0 Å². The highest BCUT2D eigenvalue weighted by molar-refractivity contribution is 5.98. The molecular formula is C60H60N12O2. The van der Waals surface area contributed by atoms with E-state index in [-0.39, 0.29) is 35.7 Å². The summed E-state index contributed by atoms with van der Waals surface area (Å²) < 4.78 is 4.27. The van der Waals surface area contributed by atoms with Gasteiger partial charge in [-0.25, -0.2) is 0 Å². The molecule has 2 fully saturated rings. The number of likely N-dealkylation sites (tertiary alicyclic amines) is 2. The van der Waals surface area contributed by atoms with Gasteiger partial charge in [0.2, 0.25) is 11.8 Å². The van der Waals surface area contributed by atoms with Gasteiger partial charge >= 0.3 is 0 Å². The van der Waals surface area contributed by atoms with Crippen molar-refractivity contribution >= 4 is 67.1 Å². The highest BCUT2D eigenvalue weighted by Gasteiger charge is 2.32. The fourth-order valence-electron chi connectivity index (χ4n) is 11.2. The van der Waals surface area contributed by atoms with Crippen molar-refractivity contribution in [1.29, 1.82) is 0 Å². The van der Waals surface area contributed by atoms with E-state index in [1.807, 2.05) is 34.3 Å². The SMILES string of the molecule is CC(=O)N1CCCC([C@@H](Nc2cc(-c3ccc4ccn(C)c4c3)c3nccnc3c2)c2cccnc2)C1.CC(=O)N1CCCC([C@H](Nc2cc(-c3ccc4ccn(C)c4c3)c3nccnc3c2)c2cccnc2)C1. The number of rotatable bonds is 10. The Morgan fingerprint density at radius 2 is 0.986 bits per heavy atom.